The van der Waals surface area contributed by atoms with Crippen molar-refractivity contribution in [2.24, 2.45) is 0 Å². The SMILES string of the molecule is CCN1CCN(c2ncc(CNCCOC)cn2)CC1. The number of nitrogens with zero attached hydrogens (tertiary/aromatic N) is 4. The van der Waals surface area contributed by atoms with Crippen LogP contribution < -0.4 is 10.2 Å². The van der Waals surface area contributed by atoms with Gasteiger partial charge in [0.1, 0.15) is 0 Å². The van der Waals surface area contributed by atoms with Crippen LogP contribution in [0.2, 0.25) is 0 Å². The first kappa shape index (κ1) is 15.2. The molecule has 0 radical (unpaired) electrons. The normalized spacial score (nSPS) is 16.6. The lowest BCUT2D eigenvalue weighted by atomic mass is 10.3. The Labute approximate surface area is 121 Å². The Bertz CT molecular complexity index is 376. The molecule has 0 amide bonds. The molecule has 1 saturated heterocycles. The van der Waals surface area contributed by atoms with Gasteiger partial charge in [-0.25, -0.2) is 9.97 Å². The van der Waals surface area contributed by atoms with Gasteiger partial charge in [0.15, 0.2) is 0 Å². The van der Waals surface area contributed by atoms with Crippen LogP contribution in [0.4, 0.5) is 5.95 Å². The van der Waals surface area contributed by atoms with E-state index < -0.39 is 0 Å². The van der Waals surface area contributed by atoms with Crippen molar-refractivity contribution in [3.63, 3.8) is 0 Å². The third-order valence-corrected chi connectivity index (χ3v) is 3.61. The monoisotopic (exact) mass is 279 g/mol. The quantitative estimate of drug-likeness (QED) is 0.727. The molecule has 0 aromatic carbocycles. The molecule has 0 spiro atoms. The molecule has 0 aliphatic carbocycles. The Morgan fingerprint density at radius 2 is 1.90 bits per heavy atom. The zero-order chi connectivity index (χ0) is 14.2. The molecule has 0 bridgehead atoms. The molecule has 0 saturated carbocycles. The van der Waals surface area contributed by atoms with Crippen LogP contribution in [-0.4, -0.2) is 67.9 Å². The first-order chi connectivity index (χ1) is 9.83. The number of piperazine rings is 1. The minimum Gasteiger partial charge on any atom is -0.383 e. The van der Waals surface area contributed by atoms with Crippen molar-refractivity contribution >= 4 is 5.95 Å². The van der Waals surface area contributed by atoms with E-state index in [1.807, 2.05) is 12.4 Å². The molecule has 0 atom stereocenters. The molecule has 1 aromatic rings. The summed E-state index contributed by atoms with van der Waals surface area (Å²) in [7, 11) is 1.71. The standard InChI is InChI=1S/C14H25N5O/c1-3-18-5-7-19(8-6-18)14-16-11-13(12-17-14)10-15-4-9-20-2/h11-12,15H,3-10H2,1-2H3. The third-order valence-electron chi connectivity index (χ3n) is 3.61. The Morgan fingerprint density at radius 3 is 2.50 bits per heavy atom. The van der Waals surface area contributed by atoms with E-state index in [-0.39, 0.29) is 0 Å². The van der Waals surface area contributed by atoms with Gasteiger partial charge in [0.2, 0.25) is 5.95 Å². The number of hydrogen-bond acceptors (Lipinski definition) is 6. The Kier molecular flexibility index (Phi) is 6.17. The molecule has 6 heteroatoms. The van der Waals surface area contributed by atoms with Crippen molar-refractivity contribution in [1.82, 2.24) is 20.2 Å². The van der Waals surface area contributed by atoms with Crippen molar-refractivity contribution in [1.29, 1.82) is 0 Å². The summed E-state index contributed by atoms with van der Waals surface area (Å²) < 4.78 is 4.99. The van der Waals surface area contributed by atoms with Gasteiger partial charge in [-0.15, -0.1) is 0 Å². The topological polar surface area (TPSA) is 53.5 Å². The van der Waals surface area contributed by atoms with Crippen LogP contribution in [-0.2, 0) is 11.3 Å². The van der Waals surface area contributed by atoms with Gasteiger partial charge < -0.3 is 19.9 Å². The molecular formula is C14H25N5O. The highest BCUT2D eigenvalue weighted by Gasteiger charge is 2.17. The maximum absolute atomic E-state index is 4.99. The van der Waals surface area contributed by atoms with E-state index in [0.717, 1.165) is 63.9 Å². The predicted octanol–water partition coefficient (Wildman–Crippen LogP) is 0.355. The van der Waals surface area contributed by atoms with Crippen molar-refractivity contribution in [2.75, 3.05) is 57.9 Å². The summed E-state index contributed by atoms with van der Waals surface area (Å²) in [5, 5.41) is 3.29. The van der Waals surface area contributed by atoms with Crippen molar-refractivity contribution in [2.45, 2.75) is 13.5 Å². The van der Waals surface area contributed by atoms with Gasteiger partial charge in [0.25, 0.3) is 0 Å². The molecular weight excluding hydrogens is 254 g/mol. The molecule has 1 aliphatic rings. The fourth-order valence-electron chi connectivity index (χ4n) is 2.27. The minimum atomic E-state index is 0.723. The second kappa shape index (κ2) is 8.14. The molecule has 0 unspecified atom stereocenters. The summed E-state index contributed by atoms with van der Waals surface area (Å²) in [4.78, 5) is 13.7. The number of anilines is 1. The van der Waals surface area contributed by atoms with Crippen LogP contribution in [0.3, 0.4) is 0 Å². The van der Waals surface area contributed by atoms with Crippen LogP contribution in [0.5, 0.6) is 0 Å². The first-order valence-corrected chi connectivity index (χ1v) is 7.31. The van der Waals surface area contributed by atoms with Crippen LogP contribution in [0.1, 0.15) is 12.5 Å². The second-order valence-corrected chi connectivity index (χ2v) is 4.98. The Balaban J connectivity index is 1.79. The maximum Gasteiger partial charge on any atom is 0.225 e. The number of aromatic nitrogens is 2. The molecule has 1 fully saturated rings. The lowest BCUT2D eigenvalue weighted by Gasteiger charge is -2.33. The summed E-state index contributed by atoms with van der Waals surface area (Å²) in [5.41, 5.74) is 1.11. The van der Waals surface area contributed by atoms with Crippen LogP contribution >= 0.6 is 0 Å². The van der Waals surface area contributed by atoms with Gasteiger partial charge in [-0.3, -0.25) is 0 Å². The average Bonchev–Trinajstić information content (AvgIpc) is 2.52. The highest BCUT2D eigenvalue weighted by molar-refractivity contribution is 5.30. The summed E-state index contributed by atoms with van der Waals surface area (Å²) in [6, 6.07) is 0. The van der Waals surface area contributed by atoms with Crippen LogP contribution in [0, 0.1) is 0 Å². The molecule has 112 valence electrons. The van der Waals surface area contributed by atoms with Gasteiger partial charge in [-0.1, -0.05) is 6.92 Å². The highest BCUT2D eigenvalue weighted by atomic mass is 16.5. The first-order valence-electron chi connectivity index (χ1n) is 7.31. The smallest absolute Gasteiger partial charge is 0.225 e. The van der Waals surface area contributed by atoms with E-state index in [1.54, 1.807) is 7.11 Å². The van der Waals surface area contributed by atoms with E-state index in [9.17, 15) is 0 Å². The zero-order valence-corrected chi connectivity index (χ0v) is 12.5. The fraction of sp³-hybridized carbons (Fsp3) is 0.714. The summed E-state index contributed by atoms with van der Waals surface area (Å²) in [5.74, 6) is 0.849. The van der Waals surface area contributed by atoms with E-state index in [2.05, 4.69) is 32.0 Å². The van der Waals surface area contributed by atoms with Gasteiger partial charge in [-0.2, -0.15) is 0 Å². The van der Waals surface area contributed by atoms with E-state index in [0.29, 0.717) is 0 Å². The van der Waals surface area contributed by atoms with Gasteiger partial charge >= 0.3 is 0 Å². The maximum atomic E-state index is 4.99. The number of ether oxygens (including phenoxy) is 1. The summed E-state index contributed by atoms with van der Waals surface area (Å²) in [6.45, 7) is 9.91. The van der Waals surface area contributed by atoms with E-state index in [1.165, 1.54) is 0 Å². The molecule has 6 nitrogen and oxygen atoms in total. The number of likely N-dealkylation sites (N-methyl/N-ethyl adjacent to an activating group) is 1. The van der Waals surface area contributed by atoms with Gasteiger partial charge in [0.05, 0.1) is 6.61 Å². The van der Waals surface area contributed by atoms with Crippen LogP contribution in [0.25, 0.3) is 0 Å². The number of methoxy groups -OCH3 is 1. The summed E-state index contributed by atoms with van der Waals surface area (Å²) in [6.07, 6.45) is 3.82. The third kappa shape index (κ3) is 4.40. The largest absolute Gasteiger partial charge is 0.383 e. The molecule has 2 rings (SSSR count). The number of nitrogens with one attached hydrogen (secondary N) is 1. The summed E-state index contributed by atoms with van der Waals surface area (Å²) >= 11 is 0. The fourth-order valence-corrected chi connectivity index (χ4v) is 2.27. The lowest BCUT2D eigenvalue weighted by molar-refractivity contribution is 0.199. The zero-order valence-electron chi connectivity index (χ0n) is 12.5. The van der Waals surface area contributed by atoms with Crippen LogP contribution in [0.15, 0.2) is 12.4 Å². The predicted molar refractivity (Wildman–Crippen MR) is 79.9 cm³/mol. The molecule has 2 heterocycles. The number of hydrogen-bond donors (Lipinski definition) is 1. The second-order valence-electron chi connectivity index (χ2n) is 4.98. The minimum absolute atomic E-state index is 0.723. The van der Waals surface area contributed by atoms with E-state index in [4.69, 9.17) is 4.74 Å². The van der Waals surface area contributed by atoms with Crippen molar-refractivity contribution in [3.8, 4) is 0 Å². The van der Waals surface area contributed by atoms with Gasteiger partial charge in [-0.05, 0) is 6.54 Å². The molecule has 1 aromatic heterocycles. The molecule has 1 N–H and O–H groups in total. The lowest BCUT2D eigenvalue weighted by Crippen LogP contribution is -2.46. The van der Waals surface area contributed by atoms with Crippen molar-refractivity contribution in [3.05, 3.63) is 18.0 Å². The van der Waals surface area contributed by atoms with E-state index >= 15 is 0 Å². The molecule has 20 heavy (non-hydrogen) atoms. The Morgan fingerprint density at radius 1 is 1.20 bits per heavy atom. The number of rotatable bonds is 7. The Hall–Kier alpha value is -1.24. The van der Waals surface area contributed by atoms with Gasteiger partial charge in [0, 0.05) is 64.3 Å². The van der Waals surface area contributed by atoms with Crippen molar-refractivity contribution < 1.29 is 4.74 Å². The molecule has 1 aliphatic heterocycles. The highest BCUT2D eigenvalue weighted by Crippen LogP contribution is 2.10. The average molecular weight is 279 g/mol.